The molecule has 0 bridgehead atoms. The Morgan fingerprint density at radius 3 is 2.36 bits per heavy atom. The summed E-state index contributed by atoms with van der Waals surface area (Å²) in [6.45, 7) is 1.30. The van der Waals surface area contributed by atoms with E-state index < -0.39 is 11.0 Å². The van der Waals surface area contributed by atoms with Crippen LogP contribution in [0.15, 0.2) is 57.9 Å². The summed E-state index contributed by atoms with van der Waals surface area (Å²) < 4.78 is 16.2. The Labute approximate surface area is 139 Å². The first kappa shape index (κ1) is 15.1. The van der Waals surface area contributed by atoms with Crippen molar-refractivity contribution in [3.63, 3.8) is 0 Å². The lowest BCUT2D eigenvalue weighted by molar-refractivity contribution is 0.252. The van der Waals surface area contributed by atoms with Gasteiger partial charge in [0.05, 0.1) is 4.90 Å². The summed E-state index contributed by atoms with van der Waals surface area (Å²) in [6.07, 6.45) is 0. The fourth-order valence-electron chi connectivity index (χ4n) is 2.15. The number of halogens is 1. The quantitative estimate of drug-likeness (QED) is 0.856. The van der Waals surface area contributed by atoms with Crippen molar-refractivity contribution in [3.8, 4) is 0 Å². The zero-order valence-electron chi connectivity index (χ0n) is 11.6. The molecule has 7 heteroatoms. The zero-order chi connectivity index (χ0) is 15.5. The van der Waals surface area contributed by atoms with Crippen molar-refractivity contribution < 1.29 is 9.00 Å². The van der Waals surface area contributed by atoms with Gasteiger partial charge >= 0.3 is 6.03 Å². The van der Waals surface area contributed by atoms with Gasteiger partial charge < -0.3 is 10.0 Å². The maximum Gasteiger partial charge on any atom is 0.321 e. The number of rotatable bonds is 4. The molecule has 1 aliphatic rings. The topological polar surface area (TPSA) is 61.4 Å². The predicted molar refractivity (Wildman–Crippen MR) is 91.4 cm³/mol. The number of nitrogens with zero attached hydrogens (tertiary/aromatic N) is 1. The normalized spacial score (nSPS) is 15.5. The van der Waals surface area contributed by atoms with E-state index >= 15 is 0 Å². The Kier molecular flexibility index (Phi) is 4.44. The molecular weight excluding hydrogens is 366 g/mol. The van der Waals surface area contributed by atoms with Gasteiger partial charge in [-0.05, 0) is 48.5 Å². The average Bonchev–Trinajstić information content (AvgIpc) is 2.96. The molecular formula is C15H14BrN3O2S. The smallest absolute Gasteiger partial charge is 0.321 e. The molecule has 22 heavy (non-hydrogen) atoms. The molecule has 2 amide bonds. The van der Waals surface area contributed by atoms with Crippen LogP contribution in [0.4, 0.5) is 16.2 Å². The lowest BCUT2D eigenvalue weighted by atomic mass is 10.3. The van der Waals surface area contributed by atoms with Crippen LogP contribution < -0.4 is 14.9 Å². The van der Waals surface area contributed by atoms with E-state index in [0.717, 1.165) is 15.8 Å². The third-order valence-electron chi connectivity index (χ3n) is 3.27. The summed E-state index contributed by atoms with van der Waals surface area (Å²) >= 11 is 3.36. The van der Waals surface area contributed by atoms with Crippen molar-refractivity contribution in [1.29, 1.82) is 0 Å². The Balaban J connectivity index is 1.70. The number of anilines is 2. The van der Waals surface area contributed by atoms with Gasteiger partial charge in [-0.2, -0.15) is 0 Å². The number of hydrogen-bond acceptors (Lipinski definition) is 2. The molecule has 1 unspecified atom stereocenters. The summed E-state index contributed by atoms with van der Waals surface area (Å²) in [5.41, 5.74) is 1.59. The van der Waals surface area contributed by atoms with Crippen LogP contribution in [0.25, 0.3) is 0 Å². The number of amides is 2. The molecule has 2 aromatic carbocycles. The fraction of sp³-hybridized carbons (Fsp3) is 0.133. The zero-order valence-corrected chi connectivity index (χ0v) is 14.0. The average molecular weight is 380 g/mol. The SMILES string of the molecule is O=C1NCCN1c1ccc(S(=O)Nc2ccc(Br)cc2)cc1. The Morgan fingerprint density at radius 2 is 1.77 bits per heavy atom. The highest BCUT2D eigenvalue weighted by atomic mass is 79.9. The number of benzene rings is 2. The van der Waals surface area contributed by atoms with Crippen molar-refractivity contribution in [2.24, 2.45) is 0 Å². The number of hydrogen-bond donors (Lipinski definition) is 2. The molecule has 1 saturated heterocycles. The second-order valence-electron chi connectivity index (χ2n) is 4.76. The second-order valence-corrected chi connectivity index (χ2v) is 6.88. The lowest BCUT2D eigenvalue weighted by Gasteiger charge is -2.14. The summed E-state index contributed by atoms with van der Waals surface area (Å²) in [6, 6.07) is 14.5. The van der Waals surface area contributed by atoms with E-state index in [1.807, 2.05) is 24.3 Å². The van der Waals surface area contributed by atoms with E-state index in [1.165, 1.54) is 0 Å². The van der Waals surface area contributed by atoms with Gasteiger partial charge in [-0.1, -0.05) is 15.9 Å². The van der Waals surface area contributed by atoms with Gasteiger partial charge in [-0.15, -0.1) is 0 Å². The van der Waals surface area contributed by atoms with E-state index in [2.05, 4.69) is 26.0 Å². The maximum atomic E-state index is 12.3. The Bertz CT molecular complexity index is 704. The Hall–Kier alpha value is -1.86. The highest BCUT2D eigenvalue weighted by Crippen LogP contribution is 2.20. The molecule has 1 aliphatic heterocycles. The number of nitrogens with one attached hydrogen (secondary N) is 2. The van der Waals surface area contributed by atoms with Crippen molar-refractivity contribution in [2.45, 2.75) is 4.90 Å². The number of carbonyl (C=O) groups is 1. The summed E-state index contributed by atoms with van der Waals surface area (Å²) in [7, 11) is -1.34. The third kappa shape index (κ3) is 3.31. The van der Waals surface area contributed by atoms with Gasteiger partial charge in [0.25, 0.3) is 0 Å². The predicted octanol–water partition coefficient (Wildman–Crippen LogP) is 3.11. The largest absolute Gasteiger partial charge is 0.336 e. The molecule has 0 aliphatic carbocycles. The molecule has 3 rings (SSSR count). The van der Waals surface area contributed by atoms with Crippen LogP contribution in [0.3, 0.4) is 0 Å². The number of carbonyl (C=O) groups excluding carboxylic acids is 1. The first-order valence-corrected chi connectivity index (χ1v) is 8.67. The van der Waals surface area contributed by atoms with Crippen LogP contribution in [-0.2, 0) is 11.0 Å². The van der Waals surface area contributed by atoms with Crippen molar-refractivity contribution in [3.05, 3.63) is 53.0 Å². The van der Waals surface area contributed by atoms with Gasteiger partial charge in [0.1, 0.15) is 11.0 Å². The summed E-state index contributed by atoms with van der Waals surface area (Å²) in [5, 5.41) is 2.75. The maximum absolute atomic E-state index is 12.3. The number of urea groups is 1. The lowest BCUT2D eigenvalue weighted by Crippen LogP contribution is -2.27. The van der Waals surface area contributed by atoms with Crippen LogP contribution in [0.1, 0.15) is 0 Å². The highest BCUT2D eigenvalue weighted by Gasteiger charge is 2.20. The molecule has 0 aromatic heterocycles. The van der Waals surface area contributed by atoms with E-state index in [0.29, 0.717) is 18.0 Å². The first-order valence-electron chi connectivity index (χ1n) is 6.73. The van der Waals surface area contributed by atoms with Gasteiger partial charge in [0.2, 0.25) is 0 Å². The molecule has 0 saturated carbocycles. The van der Waals surface area contributed by atoms with Crippen LogP contribution in [-0.4, -0.2) is 23.3 Å². The minimum absolute atomic E-state index is 0.0955. The molecule has 1 atom stereocenters. The molecule has 1 fully saturated rings. The van der Waals surface area contributed by atoms with Crippen molar-refractivity contribution >= 4 is 44.3 Å². The molecule has 114 valence electrons. The first-order chi connectivity index (χ1) is 10.6. The van der Waals surface area contributed by atoms with E-state index in [9.17, 15) is 9.00 Å². The van der Waals surface area contributed by atoms with Crippen LogP contribution in [0.5, 0.6) is 0 Å². The van der Waals surface area contributed by atoms with E-state index in [4.69, 9.17) is 0 Å². The summed E-state index contributed by atoms with van der Waals surface area (Å²) in [5.74, 6) is 0. The van der Waals surface area contributed by atoms with Gasteiger partial charge in [0.15, 0.2) is 0 Å². The molecule has 2 N–H and O–H groups in total. The highest BCUT2D eigenvalue weighted by molar-refractivity contribution is 9.10. The minimum atomic E-state index is -1.34. The van der Waals surface area contributed by atoms with Gasteiger partial charge in [-0.25, -0.2) is 9.00 Å². The second kappa shape index (κ2) is 6.50. The van der Waals surface area contributed by atoms with E-state index in [-0.39, 0.29) is 6.03 Å². The monoisotopic (exact) mass is 379 g/mol. The van der Waals surface area contributed by atoms with E-state index in [1.54, 1.807) is 29.2 Å². The molecule has 5 nitrogen and oxygen atoms in total. The summed E-state index contributed by atoms with van der Waals surface area (Å²) in [4.78, 5) is 13.9. The molecule has 1 heterocycles. The van der Waals surface area contributed by atoms with Crippen LogP contribution in [0.2, 0.25) is 0 Å². The standard InChI is InChI=1S/C15H14BrN3O2S/c16-11-1-3-12(4-2-11)18-22(21)14-7-5-13(6-8-14)19-10-9-17-15(19)20/h1-8,18H,9-10H2,(H,17,20). The molecule has 2 aromatic rings. The minimum Gasteiger partial charge on any atom is -0.336 e. The van der Waals surface area contributed by atoms with Crippen LogP contribution in [0, 0.1) is 0 Å². The third-order valence-corrected chi connectivity index (χ3v) is 4.92. The van der Waals surface area contributed by atoms with Crippen molar-refractivity contribution in [1.82, 2.24) is 5.32 Å². The van der Waals surface area contributed by atoms with Gasteiger partial charge in [0, 0.05) is 28.9 Å². The van der Waals surface area contributed by atoms with Crippen LogP contribution >= 0.6 is 15.9 Å². The van der Waals surface area contributed by atoms with Crippen molar-refractivity contribution in [2.75, 3.05) is 22.7 Å². The fourth-order valence-corrected chi connectivity index (χ4v) is 3.27. The van der Waals surface area contributed by atoms with Gasteiger partial charge in [-0.3, -0.25) is 4.90 Å². The Morgan fingerprint density at radius 1 is 1.09 bits per heavy atom. The molecule has 0 radical (unpaired) electrons. The molecule has 0 spiro atoms.